The molecule has 0 saturated heterocycles. The molecule has 0 spiro atoms. The number of rotatable bonds is 7. The SMILES string of the molecule is COc1ccc(C(=O)/C=C/c2cc(C)c(OC(C)(C)C(=O)O)c(C)c2)c2ccoc12. The first-order valence-corrected chi connectivity index (χ1v) is 9.44. The molecule has 2 aromatic carbocycles. The molecule has 0 unspecified atom stereocenters. The van der Waals surface area contributed by atoms with Gasteiger partial charge in [0.05, 0.1) is 13.4 Å². The van der Waals surface area contributed by atoms with Gasteiger partial charge in [0, 0.05) is 10.9 Å². The van der Waals surface area contributed by atoms with Crippen LogP contribution in [-0.4, -0.2) is 29.6 Å². The first kappa shape index (κ1) is 21.2. The number of carboxylic acid groups (broad SMARTS) is 1. The Morgan fingerprint density at radius 3 is 2.37 bits per heavy atom. The molecule has 0 bridgehead atoms. The average Bonchev–Trinajstić information content (AvgIpc) is 3.18. The van der Waals surface area contributed by atoms with Gasteiger partial charge in [-0.15, -0.1) is 0 Å². The quantitative estimate of drug-likeness (QED) is 0.427. The number of allylic oxidation sites excluding steroid dienone is 1. The first-order valence-electron chi connectivity index (χ1n) is 9.44. The van der Waals surface area contributed by atoms with Crippen molar-refractivity contribution in [3.8, 4) is 11.5 Å². The van der Waals surface area contributed by atoms with Gasteiger partial charge < -0.3 is 19.0 Å². The third-order valence-electron chi connectivity index (χ3n) is 4.85. The van der Waals surface area contributed by atoms with E-state index in [9.17, 15) is 14.7 Å². The Morgan fingerprint density at radius 1 is 1.10 bits per heavy atom. The summed E-state index contributed by atoms with van der Waals surface area (Å²) in [6.07, 6.45) is 4.76. The number of methoxy groups -OCH3 is 1. The molecule has 3 aromatic rings. The van der Waals surface area contributed by atoms with Gasteiger partial charge >= 0.3 is 5.97 Å². The van der Waals surface area contributed by atoms with E-state index in [2.05, 4.69) is 0 Å². The number of aliphatic carboxylic acids is 1. The van der Waals surface area contributed by atoms with Gasteiger partial charge in [-0.25, -0.2) is 4.79 Å². The summed E-state index contributed by atoms with van der Waals surface area (Å²) < 4.78 is 16.4. The smallest absolute Gasteiger partial charge is 0.347 e. The Bertz CT molecular complexity index is 1130. The summed E-state index contributed by atoms with van der Waals surface area (Å²) >= 11 is 0. The van der Waals surface area contributed by atoms with Crippen molar-refractivity contribution in [1.29, 1.82) is 0 Å². The predicted octanol–water partition coefficient (Wildman–Crippen LogP) is 5.20. The van der Waals surface area contributed by atoms with Crippen LogP contribution in [0.2, 0.25) is 0 Å². The fourth-order valence-electron chi connectivity index (χ4n) is 3.21. The third-order valence-corrected chi connectivity index (χ3v) is 4.85. The molecule has 30 heavy (non-hydrogen) atoms. The average molecular weight is 408 g/mol. The monoisotopic (exact) mass is 408 g/mol. The lowest BCUT2D eigenvalue weighted by Crippen LogP contribution is -2.38. The Morgan fingerprint density at radius 2 is 1.77 bits per heavy atom. The Balaban J connectivity index is 1.87. The molecule has 1 aromatic heterocycles. The number of aryl methyl sites for hydroxylation is 2. The van der Waals surface area contributed by atoms with E-state index in [1.54, 1.807) is 31.4 Å². The molecular formula is C24H24O6. The van der Waals surface area contributed by atoms with Gasteiger partial charge in [-0.05, 0) is 80.8 Å². The maximum atomic E-state index is 12.8. The molecule has 0 aliphatic carbocycles. The number of furan rings is 1. The zero-order chi connectivity index (χ0) is 22.1. The Labute approximate surface area is 174 Å². The number of carboxylic acids is 1. The van der Waals surface area contributed by atoms with E-state index in [1.165, 1.54) is 26.2 Å². The topological polar surface area (TPSA) is 86.0 Å². The number of benzene rings is 2. The molecular weight excluding hydrogens is 384 g/mol. The van der Waals surface area contributed by atoms with Crippen LogP contribution in [0.3, 0.4) is 0 Å². The number of fused-ring (bicyclic) bond motifs is 1. The summed E-state index contributed by atoms with van der Waals surface area (Å²) in [4.78, 5) is 24.1. The van der Waals surface area contributed by atoms with Crippen LogP contribution < -0.4 is 9.47 Å². The largest absolute Gasteiger partial charge is 0.493 e. The molecule has 1 N–H and O–H groups in total. The van der Waals surface area contributed by atoms with Gasteiger partial charge in [0.15, 0.2) is 22.7 Å². The minimum atomic E-state index is -1.34. The lowest BCUT2D eigenvalue weighted by molar-refractivity contribution is -0.152. The van der Waals surface area contributed by atoms with E-state index in [1.807, 2.05) is 26.0 Å². The summed E-state index contributed by atoms with van der Waals surface area (Å²) in [5.74, 6) is -0.101. The molecule has 0 radical (unpaired) electrons. The molecule has 3 rings (SSSR count). The normalized spacial score (nSPS) is 11.8. The molecule has 0 aliphatic heterocycles. The summed E-state index contributed by atoms with van der Waals surface area (Å²) in [6, 6.07) is 8.86. The van der Waals surface area contributed by atoms with Crippen molar-refractivity contribution in [3.63, 3.8) is 0 Å². The minimum Gasteiger partial charge on any atom is -0.493 e. The Kier molecular flexibility index (Phi) is 5.69. The van der Waals surface area contributed by atoms with Crippen LogP contribution >= 0.6 is 0 Å². The van der Waals surface area contributed by atoms with Crippen LogP contribution in [0.1, 0.15) is 40.9 Å². The van der Waals surface area contributed by atoms with Crippen molar-refractivity contribution in [2.24, 2.45) is 0 Å². The van der Waals surface area contributed by atoms with Gasteiger partial charge in [0.25, 0.3) is 0 Å². The van der Waals surface area contributed by atoms with Crippen LogP contribution in [-0.2, 0) is 4.79 Å². The van der Waals surface area contributed by atoms with Crippen LogP contribution in [0.25, 0.3) is 17.0 Å². The zero-order valence-corrected chi connectivity index (χ0v) is 17.6. The van der Waals surface area contributed by atoms with E-state index in [0.29, 0.717) is 28.0 Å². The van der Waals surface area contributed by atoms with Crippen molar-refractivity contribution >= 4 is 28.8 Å². The zero-order valence-electron chi connectivity index (χ0n) is 17.6. The maximum Gasteiger partial charge on any atom is 0.347 e. The highest BCUT2D eigenvalue weighted by molar-refractivity contribution is 6.14. The second-order valence-corrected chi connectivity index (χ2v) is 7.58. The fourth-order valence-corrected chi connectivity index (χ4v) is 3.21. The first-order chi connectivity index (χ1) is 14.1. The standard InChI is InChI=1S/C24H24O6/c1-14-12-16(13-15(2)21(14)30-24(3,4)23(26)27)6-8-19(25)17-7-9-20(28-5)22-18(17)10-11-29-22/h6-13H,1-5H3,(H,26,27)/b8-6+. The highest BCUT2D eigenvalue weighted by Crippen LogP contribution is 2.31. The van der Waals surface area contributed by atoms with Crippen LogP contribution in [0.15, 0.2) is 47.1 Å². The van der Waals surface area contributed by atoms with Crippen molar-refractivity contribution in [3.05, 3.63) is 64.9 Å². The number of carbonyl (C=O) groups is 2. The molecule has 1 heterocycles. The summed E-state index contributed by atoms with van der Waals surface area (Å²) in [6.45, 7) is 6.70. The number of hydrogen-bond donors (Lipinski definition) is 1. The predicted molar refractivity (Wildman–Crippen MR) is 114 cm³/mol. The van der Waals surface area contributed by atoms with E-state index in [-0.39, 0.29) is 5.78 Å². The molecule has 0 atom stereocenters. The third kappa shape index (κ3) is 4.08. The number of ketones is 1. The van der Waals surface area contributed by atoms with Gasteiger partial charge in [-0.3, -0.25) is 4.79 Å². The van der Waals surface area contributed by atoms with Gasteiger partial charge in [0.1, 0.15) is 5.75 Å². The molecule has 0 fully saturated rings. The molecule has 6 heteroatoms. The minimum absolute atomic E-state index is 0.160. The van der Waals surface area contributed by atoms with E-state index in [0.717, 1.165) is 16.7 Å². The lowest BCUT2D eigenvalue weighted by atomic mass is 10.0. The van der Waals surface area contributed by atoms with Crippen molar-refractivity contribution in [2.75, 3.05) is 7.11 Å². The molecule has 0 aliphatic rings. The van der Waals surface area contributed by atoms with Gasteiger partial charge in [0.2, 0.25) is 0 Å². The Hall–Kier alpha value is -3.54. The second-order valence-electron chi connectivity index (χ2n) is 7.58. The van der Waals surface area contributed by atoms with Crippen molar-refractivity contribution in [1.82, 2.24) is 0 Å². The van der Waals surface area contributed by atoms with Gasteiger partial charge in [-0.2, -0.15) is 0 Å². The second kappa shape index (κ2) is 8.06. The molecule has 156 valence electrons. The number of ether oxygens (including phenoxy) is 2. The highest BCUT2D eigenvalue weighted by atomic mass is 16.5. The molecule has 0 amide bonds. The van der Waals surface area contributed by atoms with E-state index < -0.39 is 11.6 Å². The van der Waals surface area contributed by atoms with Crippen molar-refractivity contribution < 1.29 is 28.6 Å². The summed E-state index contributed by atoms with van der Waals surface area (Å²) in [5, 5.41) is 9.99. The summed E-state index contributed by atoms with van der Waals surface area (Å²) in [5.41, 5.74) is 2.11. The van der Waals surface area contributed by atoms with Crippen LogP contribution in [0.5, 0.6) is 11.5 Å². The van der Waals surface area contributed by atoms with Crippen molar-refractivity contribution in [2.45, 2.75) is 33.3 Å². The number of hydrogen-bond acceptors (Lipinski definition) is 5. The van der Waals surface area contributed by atoms with Crippen LogP contribution in [0, 0.1) is 13.8 Å². The van der Waals surface area contributed by atoms with E-state index >= 15 is 0 Å². The fraction of sp³-hybridized carbons (Fsp3) is 0.250. The highest BCUT2D eigenvalue weighted by Gasteiger charge is 2.30. The molecule has 0 saturated carbocycles. The van der Waals surface area contributed by atoms with E-state index in [4.69, 9.17) is 13.9 Å². The number of carbonyl (C=O) groups excluding carboxylic acids is 1. The van der Waals surface area contributed by atoms with Crippen LogP contribution in [0.4, 0.5) is 0 Å². The maximum absolute atomic E-state index is 12.8. The summed E-state index contributed by atoms with van der Waals surface area (Å²) in [7, 11) is 1.55. The molecule has 6 nitrogen and oxygen atoms in total. The lowest BCUT2D eigenvalue weighted by Gasteiger charge is -2.24. The van der Waals surface area contributed by atoms with Gasteiger partial charge in [-0.1, -0.05) is 6.08 Å².